The fraction of sp³-hybridized carbons (Fsp3) is 1.00. The molecule has 0 unspecified atom stereocenters. The molecule has 0 heterocycles. The average molecular weight is 285 g/mol. The first-order valence-electron chi connectivity index (χ1n) is 4.80. The van der Waals surface area contributed by atoms with Gasteiger partial charge in [0, 0.05) is 26.4 Å². The maximum atomic E-state index is 5.42. The molecular weight excluding hydrogens is 261 g/mol. The minimum absolute atomic E-state index is 0. The Morgan fingerprint density at radius 3 is 1.00 bits per heavy atom. The van der Waals surface area contributed by atoms with Crippen LogP contribution in [0.5, 0.6) is 0 Å². The van der Waals surface area contributed by atoms with Crippen molar-refractivity contribution in [2.75, 3.05) is 26.4 Å². The van der Waals surface area contributed by atoms with Crippen LogP contribution in [-0.4, -0.2) is 53.1 Å². The molecule has 0 radical (unpaired) electrons. The Balaban J connectivity index is 0. The second-order valence-corrected chi connectivity index (χ2v) is 4.39. The predicted molar refractivity (Wildman–Crippen MR) is 63.6 cm³/mol. The van der Waals surface area contributed by atoms with Gasteiger partial charge in [0.1, 0.15) is 0 Å². The minimum atomic E-state index is -2.80. The van der Waals surface area contributed by atoms with Crippen LogP contribution >= 0.6 is 0 Å². The van der Waals surface area contributed by atoms with E-state index in [-0.39, 0.29) is 17.6 Å². The molecule has 0 rings (SSSR count). The van der Waals surface area contributed by atoms with Gasteiger partial charge in [0.25, 0.3) is 0 Å². The van der Waals surface area contributed by atoms with E-state index < -0.39 is 9.05 Å². The van der Waals surface area contributed by atoms with Crippen molar-refractivity contribution in [1.82, 2.24) is 0 Å². The summed E-state index contributed by atoms with van der Waals surface area (Å²) < 4.78 is 21.7. The van der Waals surface area contributed by atoms with Crippen LogP contribution in [0, 0.1) is 0 Å². The quantitative estimate of drug-likeness (QED) is 0.593. The zero-order chi connectivity index (χ0) is 10.2. The van der Waals surface area contributed by atoms with E-state index in [2.05, 4.69) is 0 Å². The molecule has 0 N–H and O–H groups in total. The van der Waals surface area contributed by atoms with E-state index in [4.69, 9.17) is 17.7 Å². The second-order valence-electron chi connectivity index (χ2n) is 2.23. The summed E-state index contributed by atoms with van der Waals surface area (Å²) in [5.74, 6) is 0. The first-order valence-corrected chi connectivity index (χ1v) is 6.43. The average Bonchev–Trinajstić information content (AvgIpc) is 2.06. The van der Waals surface area contributed by atoms with E-state index in [1.165, 1.54) is 0 Å². The molecule has 0 aliphatic carbocycles. The van der Waals surface area contributed by atoms with Crippen LogP contribution in [0.1, 0.15) is 27.7 Å². The summed E-state index contributed by atoms with van der Waals surface area (Å²) >= 11 is 0. The third-order valence-electron chi connectivity index (χ3n) is 1.28. The van der Waals surface area contributed by atoms with Crippen molar-refractivity contribution in [3.05, 3.63) is 0 Å². The third-order valence-corrected chi connectivity index (χ3v) is 3.85. The molecule has 0 atom stereocenters. The molecule has 6 heteroatoms. The van der Waals surface area contributed by atoms with Gasteiger partial charge < -0.3 is 17.7 Å². The van der Waals surface area contributed by atoms with Gasteiger partial charge in [0.15, 0.2) is 0 Å². The van der Waals surface area contributed by atoms with Gasteiger partial charge in [0.2, 0.25) is 0 Å². The Bertz CT molecular complexity index is 96.4. The van der Waals surface area contributed by atoms with Crippen molar-refractivity contribution in [1.29, 1.82) is 0 Å². The van der Waals surface area contributed by atoms with Crippen molar-refractivity contribution in [2.24, 2.45) is 0 Å². The summed E-state index contributed by atoms with van der Waals surface area (Å²) in [7, 11) is -2.80. The van der Waals surface area contributed by atoms with Gasteiger partial charge in [-0.15, -0.1) is 0 Å². The van der Waals surface area contributed by atoms with Gasteiger partial charge in [-0.25, -0.2) is 0 Å². The maximum absolute atomic E-state index is 5.42. The zero-order valence-electron chi connectivity index (χ0n) is 8.96. The van der Waals surface area contributed by atoms with E-state index in [0.717, 1.165) is 0 Å². The van der Waals surface area contributed by atoms with Crippen molar-refractivity contribution in [2.45, 2.75) is 27.7 Å². The van der Waals surface area contributed by atoms with Crippen molar-refractivity contribution < 1.29 is 17.7 Å². The van der Waals surface area contributed by atoms with Crippen molar-refractivity contribution in [3.8, 4) is 0 Å². The molecule has 0 fully saturated rings. The number of hydrogen-bond acceptors (Lipinski definition) is 4. The van der Waals surface area contributed by atoms with Gasteiger partial charge in [-0.1, -0.05) is 0 Å². The van der Waals surface area contributed by atoms with Crippen LogP contribution in [0.3, 0.4) is 0 Å². The molecular formula is C8H24GeO4Si. The molecule has 88 valence electrons. The molecule has 0 aliphatic heterocycles. The molecule has 0 aromatic carbocycles. The zero-order valence-corrected chi connectivity index (χ0v) is 9.96. The first kappa shape index (κ1) is 17.0. The summed E-state index contributed by atoms with van der Waals surface area (Å²) in [5.41, 5.74) is 0. The number of hydrogen-bond donors (Lipinski definition) is 0. The normalized spacial score (nSPS) is 11.1. The predicted octanol–water partition coefficient (Wildman–Crippen LogP) is 0.116. The first-order chi connectivity index (χ1) is 6.24. The summed E-state index contributed by atoms with van der Waals surface area (Å²) in [6.45, 7) is 9.80. The Kier molecular flexibility index (Phi) is 12.3. The second kappa shape index (κ2) is 10.1. The summed E-state index contributed by atoms with van der Waals surface area (Å²) in [4.78, 5) is 0. The summed E-state index contributed by atoms with van der Waals surface area (Å²) in [6, 6.07) is 0. The molecule has 0 spiro atoms. The van der Waals surface area contributed by atoms with Gasteiger partial charge >= 0.3 is 26.6 Å². The molecule has 0 aromatic heterocycles. The monoisotopic (exact) mass is 286 g/mol. The molecule has 0 bridgehead atoms. The summed E-state index contributed by atoms with van der Waals surface area (Å²) in [6.07, 6.45) is 0. The topological polar surface area (TPSA) is 36.9 Å². The van der Waals surface area contributed by atoms with Gasteiger partial charge in [-0.2, -0.15) is 0 Å². The van der Waals surface area contributed by atoms with Crippen molar-refractivity contribution >= 4 is 26.6 Å². The third kappa shape index (κ3) is 6.15. The van der Waals surface area contributed by atoms with Crippen LogP contribution in [0.25, 0.3) is 0 Å². The van der Waals surface area contributed by atoms with Crippen LogP contribution in [0.2, 0.25) is 0 Å². The van der Waals surface area contributed by atoms with E-state index in [1.807, 2.05) is 27.7 Å². The van der Waals surface area contributed by atoms with E-state index in [9.17, 15) is 0 Å². The molecule has 0 aromatic rings. The molecule has 0 saturated heterocycles. The fourth-order valence-corrected chi connectivity index (χ4v) is 2.87. The Labute approximate surface area is 98.7 Å². The van der Waals surface area contributed by atoms with Crippen LogP contribution in [0.4, 0.5) is 0 Å². The molecule has 14 heavy (non-hydrogen) atoms. The molecule has 4 nitrogen and oxygen atoms in total. The van der Waals surface area contributed by atoms with Gasteiger partial charge in [0.05, 0.1) is 0 Å². The van der Waals surface area contributed by atoms with E-state index in [0.29, 0.717) is 26.4 Å². The standard InChI is InChI=1S/C8H20O4Si.GeH4/c1-5-9-13(10-6-2,11-7-3)12-8-4;/h5-8H2,1-4H3;1H4. The van der Waals surface area contributed by atoms with E-state index >= 15 is 0 Å². The van der Waals surface area contributed by atoms with E-state index in [1.54, 1.807) is 0 Å². The Morgan fingerprint density at radius 1 is 0.643 bits per heavy atom. The fourth-order valence-electron chi connectivity index (χ4n) is 0.957. The van der Waals surface area contributed by atoms with Crippen LogP contribution in [0.15, 0.2) is 0 Å². The SMILES string of the molecule is CCO[Si](OCC)(OCC)OCC.[GeH4]. The Morgan fingerprint density at radius 2 is 0.857 bits per heavy atom. The molecule has 0 aliphatic rings. The van der Waals surface area contributed by atoms with Crippen LogP contribution < -0.4 is 0 Å². The summed E-state index contributed by atoms with van der Waals surface area (Å²) in [5, 5.41) is 0. The van der Waals surface area contributed by atoms with Gasteiger partial charge in [-0.05, 0) is 27.7 Å². The van der Waals surface area contributed by atoms with Gasteiger partial charge in [-0.3, -0.25) is 0 Å². The number of rotatable bonds is 8. The Hall–Kier alpha value is 0.600. The molecule has 0 saturated carbocycles. The van der Waals surface area contributed by atoms with Crippen LogP contribution in [-0.2, 0) is 17.7 Å². The van der Waals surface area contributed by atoms with Crippen molar-refractivity contribution in [3.63, 3.8) is 0 Å². The molecule has 0 amide bonds.